The SMILES string of the molecule is NC(Cc1ccc(-c2cc(OC(c3ccccc3Oc3cccnc3)C(F)(F)F)ncn2)cc1)C(=O)O. The quantitative estimate of drug-likeness (QED) is 0.324. The number of hydrogen-bond donors (Lipinski definition) is 2. The summed E-state index contributed by atoms with van der Waals surface area (Å²) >= 11 is 0. The van der Waals surface area contributed by atoms with Crippen LogP contribution in [0.5, 0.6) is 17.4 Å². The Bertz CT molecular complexity index is 1350. The van der Waals surface area contributed by atoms with Crippen molar-refractivity contribution in [3.8, 4) is 28.6 Å². The van der Waals surface area contributed by atoms with E-state index < -0.39 is 24.3 Å². The number of benzene rings is 2. The van der Waals surface area contributed by atoms with E-state index in [0.717, 1.165) is 6.33 Å². The molecular formula is C26H21F3N4O4. The van der Waals surface area contributed by atoms with Crippen LogP contribution in [0.4, 0.5) is 13.2 Å². The van der Waals surface area contributed by atoms with E-state index in [1.165, 1.54) is 36.7 Å². The molecule has 3 N–H and O–H groups in total. The molecule has 0 aliphatic carbocycles. The third kappa shape index (κ3) is 6.58. The standard InChI is InChI=1S/C26H21F3N4O4/c27-26(28,29)24(19-5-1-2-6-22(19)36-18-4-3-11-31-14-18)37-23-13-21(32-15-33-23)17-9-7-16(8-10-17)12-20(30)25(34)35/h1-11,13-15,20,24H,12,30H2,(H,34,35). The summed E-state index contributed by atoms with van der Waals surface area (Å²) in [7, 11) is 0. The molecule has 2 aromatic carbocycles. The van der Waals surface area contributed by atoms with Crippen LogP contribution >= 0.6 is 0 Å². The number of alkyl halides is 3. The molecule has 190 valence electrons. The van der Waals surface area contributed by atoms with Gasteiger partial charge < -0.3 is 20.3 Å². The molecule has 0 bridgehead atoms. The van der Waals surface area contributed by atoms with Crippen LogP contribution in [0.25, 0.3) is 11.3 Å². The molecule has 0 aliphatic rings. The van der Waals surface area contributed by atoms with Gasteiger partial charge in [0.1, 0.15) is 23.9 Å². The van der Waals surface area contributed by atoms with Crippen molar-refractivity contribution in [1.82, 2.24) is 15.0 Å². The number of nitrogens with zero attached hydrogens (tertiary/aromatic N) is 3. The molecule has 0 spiro atoms. The first-order valence-electron chi connectivity index (χ1n) is 11.0. The molecule has 0 aliphatic heterocycles. The summed E-state index contributed by atoms with van der Waals surface area (Å²) in [4.78, 5) is 22.9. The Hall–Kier alpha value is -4.51. The largest absolute Gasteiger partial charge is 0.480 e. The highest BCUT2D eigenvalue weighted by atomic mass is 19.4. The fourth-order valence-corrected chi connectivity index (χ4v) is 3.47. The summed E-state index contributed by atoms with van der Waals surface area (Å²) in [5.74, 6) is -1.18. The van der Waals surface area contributed by atoms with Crippen molar-refractivity contribution >= 4 is 5.97 Å². The summed E-state index contributed by atoms with van der Waals surface area (Å²) in [5.41, 5.74) is 6.90. The molecule has 0 amide bonds. The van der Waals surface area contributed by atoms with Gasteiger partial charge in [0.15, 0.2) is 0 Å². The molecular weight excluding hydrogens is 489 g/mol. The molecule has 0 saturated carbocycles. The van der Waals surface area contributed by atoms with Crippen molar-refractivity contribution in [2.24, 2.45) is 5.73 Å². The van der Waals surface area contributed by atoms with E-state index >= 15 is 0 Å². The van der Waals surface area contributed by atoms with Gasteiger partial charge >= 0.3 is 12.1 Å². The van der Waals surface area contributed by atoms with E-state index in [0.29, 0.717) is 16.8 Å². The van der Waals surface area contributed by atoms with Crippen molar-refractivity contribution in [3.05, 3.63) is 96.6 Å². The monoisotopic (exact) mass is 510 g/mol. The summed E-state index contributed by atoms with van der Waals surface area (Å²) in [5, 5.41) is 8.96. The smallest absolute Gasteiger partial charge is 0.429 e. The number of para-hydroxylation sites is 1. The van der Waals surface area contributed by atoms with Crippen LogP contribution < -0.4 is 15.2 Å². The van der Waals surface area contributed by atoms with Gasteiger partial charge in [0.05, 0.1) is 11.9 Å². The van der Waals surface area contributed by atoms with E-state index in [1.807, 2.05) is 0 Å². The Morgan fingerprint density at radius 2 is 1.78 bits per heavy atom. The third-order valence-electron chi connectivity index (χ3n) is 5.26. The molecule has 2 atom stereocenters. The van der Waals surface area contributed by atoms with E-state index in [-0.39, 0.29) is 29.4 Å². The zero-order chi connectivity index (χ0) is 26.4. The second kappa shape index (κ2) is 11.0. The number of halogens is 3. The minimum absolute atomic E-state index is 0.0396. The van der Waals surface area contributed by atoms with Crippen LogP contribution in [-0.4, -0.2) is 38.2 Å². The van der Waals surface area contributed by atoms with Gasteiger partial charge in [0, 0.05) is 23.4 Å². The van der Waals surface area contributed by atoms with Crippen LogP contribution in [0.1, 0.15) is 17.2 Å². The van der Waals surface area contributed by atoms with Crippen LogP contribution in [0.2, 0.25) is 0 Å². The maximum absolute atomic E-state index is 14.2. The summed E-state index contributed by atoms with van der Waals surface area (Å²) in [6.07, 6.45) is -3.03. The number of ether oxygens (including phenoxy) is 2. The fourth-order valence-electron chi connectivity index (χ4n) is 3.47. The number of rotatable bonds is 9. The number of carbonyl (C=O) groups is 1. The number of hydrogen-bond acceptors (Lipinski definition) is 7. The predicted octanol–water partition coefficient (Wildman–Crippen LogP) is 4.97. The Kier molecular flexibility index (Phi) is 7.63. The van der Waals surface area contributed by atoms with Crippen molar-refractivity contribution in [2.75, 3.05) is 0 Å². The van der Waals surface area contributed by atoms with Gasteiger partial charge in [-0.25, -0.2) is 9.97 Å². The van der Waals surface area contributed by atoms with Gasteiger partial charge in [-0.1, -0.05) is 42.5 Å². The highest BCUT2D eigenvalue weighted by Crippen LogP contribution is 2.41. The summed E-state index contributed by atoms with van der Waals surface area (Å²) in [6, 6.07) is 15.8. The molecule has 2 unspecified atom stereocenters. The number of carboxylic acid groups (broad SMARTS) is 1. The molecule has 0 fully saturated rings. The van der Waals surface area contributed by atoms with E-state index in [4.69, 9.17) is 20.3 Å². The molecule has 2 heterocycles. The zero-order valence-corrected chi connectivity index (χ0v) is 19.2. The lowest BCUT2D eigenvalue weighted by atomic mass is 10.0. The molecule has 4 aromatic rings. The summed E-state index contributed by atoms with van der Waals surface area (Å²) < 4.78 is 53.5. The molecule has 8 nitrogen and oxygen atoms in total. The minimum atomic E-state index is -4.79. The second-order valence-electron chi connectivity index (χ2n) is 7.96. The maximum Gasteiger partial charge on any atom is 0.429 e. The average Bonchev–Trinajstić information content (AvgIpc) is 2.88. The number of aromatic nitrogens is 3. The number of nitrogens with two attached hydrogens (primary N) is 1. The number of aliphatic carboxylic acids is 1. The first kappa shape index (κ1) is 25.6. The van der Waals surface area contributed by atoms with Gasteiger partial charge in [-0.15, -0.1) is 0 Å². The molecule has 0 radical (unpaired) electrons. The van der Waals surface area contributed by atoms with Crippen LogP contribution in [0.15, 0.2) is 85.5 Å². The van der Waals surface area contributed by atoms with Gasteiger partial charge in [-0.2, -0.15) is 13.2 Å². The predicted molar refractivity (Wildman–Crippen MR) is 127 cm³/mol. The second-order valence-corrected chi connectivity index (χ2v) is 7.96. The Balaban J connectivity index is 1.59. The van der Waals surface area contributed by atoms with Crippen molar-refractivity contribution < 1.29 is 32.5 Å². The van der Waals surface area contributed by atoms with E-state index in [1.54, 1.807) is 42.5 Å². The highest BCUT2D eigenvalue weighted by Gasteiger charge is 2.45. The first-order chi connectivity index (χ1) is 17.7. The minimum Gasteiger partial charge on any atom is -0.480 e. The lowest BCUT2D eigenvalue weighted by Gasteiger charge is -2.23. The third-order valence-corrected chi connectivity index (χ3v) is 5.26. The first-order valence-corrected chi connectivity index (χ1v) is 11.0. The van der Waals surface area contributed by atoms with Gasteiger partial charge in [0.25, 0.3) is 0 Å². The average molecular weight is 510 g/mol. The highest BCUT2D eigenvalue weighted by molar-refractivity contribution is 5.73. The van der Waals surface area contributed by atoms with E-state index in [2.05, 4.69) is 15.0 Å². The molecule has 11 heteroatoms. The molecule has 37 heavy (non-hydrogen) atoms. The lowest BCUT2D eigenvalue weighted by molar-refractivity contribution is -0.199. The number of pyridine rings is 1. The van der Waals surface area contributed by atoms with Crippen LogP contribution in [0, 0.1) is 0 Å². The normalized spacial score (nSPS) is 13.0. The molecule has 4 rings (SSSR count). The van der Waals surface area contributed by atoms with Crippen molar-refractivity contribution in [2.45, 2.75) is 24.7 Å². The van der Waals surface area contributed by atoms with Crippen molar-refractivity contribution in [3.63, 3.8) is 0 Å². The Morgan fingerprint density at radius 1 is 1.03 bits per heavy atom. The van der Waals surface area contributed by atoms with Crippen LogP contribution in [-0.2, 0) is 11.2 Å². The Labute approximate surface area is 209 Å². The topological polar surface area (TPSA) is 120 Å². The van der Waals surface area contributed by atoms with E-state index in [9.17, 15) is 18.0 Å². The van der Waals surface area contributed by atoms with Crippen LogP contribution in [0.3, 0.4) is 0 Å². The maximum atomic E-state index is 14.2. The zero-order valence-electron chi connectivity index (χ0n) is 19.2. The molecule has 0 saturated heterocycles. The van der Waals surface area contributed by atoms with Crippen molar-refractivity contribution in [1.29, 1.82) is 0 Å². The van der Waals surface area contributed by atoms with Gasteiger partial charge in [-0.3, -0.25) is 9.78 Å². The van der Waals surface area contributed by atoms with Gasteiger partial charge in [-0.05, 0) is 30.2 Å². The molecule has 2 aromatic heterocycles. The fraction of sp³-hybridized carbons (Fsp3) is 0.154. The lowest BCUT2D eigenvalue weighted by Crippen LogP contribution is -2.32. The summed E-state index contributed by atoms with van der Waals surface area (Å²) in [6.45, 7) is 0. The number of carboxylic acids is 1. The van der Waals surface area contributed by atoms with Gasteiger partial charge in [0.2, 0.25) is 12.0 Å². The Morgan fingerprint density at radius 3 is 2.46 bits per heavy atom.